The molecule has 0 bridgehead atoms. The number of aromatic nitrogens is 3. The summed E-state index contributed by atoms with van der Waals surface area (Å²) in [6.45, 7) is 0.650. The van der Waals surface area contributed by atoms with Gasteiger partial charge in [-0.3, -0.25) is 24.5 Å². The van der Waals surface area contributed by atoms with E-state index in [1.807, 2.05) is 6.07 Å². The van der Waals surface area contributed by atoms with E-state index < -0.39 is 16.7 Å². The van der Waals surface area contributed by atoms with Gasteiger partial charge in [-0.15, -0.1) is 0 Å². The van der Waals surface area contributed by atoms with E-state index >= 15 is 0 Å². The van der Waals surface area contributed by atoms with Gasteiger partial charge in [-0.05, 0) is 24.3 Å². The predicted octanol–water partition coefficient (Wildman–Crippen LogP) is 3.99. The first-order valence-electron chi connectivity index (χ1n) is 8.11. The highest BCUT2D eigenvalue weighted by Crippen LogP contribution is 2.33. The van der Waals surface area contributed by atoms with Gasteiger partial charge in [-0.25, -0.2) is 4.98 Å². The maximum atomic E-state index is 13.0. The molecule has 11 heteroatoms. The number of hydrogen-bond acceptors (Lipinski definition) is 7. The molecule has 28 heavy (non-hydrogen) atoms. The van der Waals surface area contributed by atoms with Gasteiger partial charge in [0.1, 0.15) is 10.4 Å². The first-order valence-corrected chi connectivity index (χ1v) is 9.31. The molecule has 1 amide bonds. The standard InChI is InChI=1S/C17H12ClN5O4S/c18-11-3-1-4-13-15(11)20-17(28-13)22(10-9-21-8-2-7-19-21)16(24)12-5-6-14(27-12)23(25)26/h1-8H,9-10H2. The molecule has 3 heterocycles. The van der Waals surface area contributed by atoms with Crippen molar-refractivity contribution >= 4 is 50.1 Å². The second-order valence-electron chi connectivity index (χ2n) is 5.70. The number of para-hydroxylation sites is 1. The smallest absolute Gasteiger partial charge is 0.395 e. The van der Waals surface area contributed by atoms with Gasteiger partial charge < -0.3 is 4.42 Å². The van der Waals surface area contributed by atoms with Gasteiger partial charge in [0, 0.05) is 18.9 Å². The average Bonchev–Trinajstić information content (AvgIpc) is 3.42. The predicted molar refractivity (Wildman–Crippen MR) is 104 cm³/mol. The van der Waals surface area contributed by atoms with Gasteiger partial charge in [-0.1, -0.05) is 29.0 Å². The number of amides is 1. The van der Waals surface area contributed by atoms with E-state index in [0.717, 1.165) is 10.8 Å². The van der Waals surface area contributed by atoms with Crippen LogP contribution in [0.4, 0.5) is 11.0 Å². The van der Waals surface area contributed by atoms with E-state index in [2.05, 4.69) is 10.1 Å². The van der Waals surface area contributed by atoms with Crippen molar-refractivity contribution in [1.29, 1.82) is 0 Å². The third-order valence-electron chi connectivity index (χ3n) is 3.93. The van der Waals surface area contributed by atoms with E-state index in [9.17, 15) is 14.9 Å². The highest BCUT2D eigenvalue weighted by atomic mass is 35.5. The van der Waals surface area contributed by atoms with Crippen LogP contribution in [0.5, 0.6) is 0 Å². The fourth-order valence-electron chi connectivity index (χ4n) is 2.61. The normalized spacial score (nSPS) is 11.0. The van der Waals surface area contributed by atoms with Gasteiger partial charge in [-0.2, -0.15) is 5.10 Å². The van der Waals surface area contributed by atoms with Crippen LogP contribution in [0, 0.1) is 10.1 Å². The lowest BCUT2D eigenvalue weighted by atomic mass is 10.3. The number of rotatable bonds is 6. The molecular weight excluding hydrogens is 406 g/mol. The fraction of sp³-hybridized carbons (Fsp3) is 0.118. The van der Waals surface area contributed by atoms with Crippen LogP contribution < -0.4 is 4.90 Å². The van der Waals surface area contributed by atoms with Gasteiger partial charge in [0.25, 0.3) is 5.91 Å². The largest absolute Gasteiger partial charge is 0.433 e. The second kappa shape index (κ2) is 7.41. The average molecular weight is 418 g/mol. The number of carbonyl (C=O) groups excluding carboxylic acids is 1. The van der Waals surface area contributed by atoms with Gasteiger partial charge >= 0.3 is 5.88 Å². The molecule has 4 rings (SSSR count). The first-order chi connectivity index (χ1) is 13.5. The number of fused-ring (bicyclic) bond motifs is 1. The van der Waals surface area contributed by atoms with E-state index in [4.69, 9.17) is 16.0 Å². The van der Waals surface area contributed by atoms with E-state index in [0.29, 0.717) is 22.2 Å². The molecule has 4 aromatic rings. The molecule has 0 saturated carbocycles. The Bertz CT molecular complexity index is 1150. The molecular formula is C17H12ClN5O4S. The Morgan fingerprint density at radius 2 is 2.18 bits per heavy atom. The van der Waals surface area contributed by atoms with Crippen LogP contribution in [-0.2, 0) is 6.54 Å². The van der Waals surface area contributed by atoms with Crippen molar-refractivity contribution in [2.75, 3.05) is 11.4 Å². The number of benzene rings is 1. The van der Waals surface area contributed by atoms with Crippen molar-refractivity contribution in [3.63, 3.8) is 0 Å². The summed E-state index contributed by atoms with van der Waals surface area (Å²) >= 11 is 7.50. The molecule has 0 radical (unpaired) electrons. The highest BCUT2D eigenvalue weighted by molar-refractivity contribution is 7.22. The number of furan rings is 1. The van der Waals surface area contributed by atoms with Crippen LogP contribution in [0.1, 0.15) is 10.6 Å². The number of anilines is 1. The van der Waals surface area contributed by atoms with Crippen LogP contribution in [0.3, 0.4) is 0 Å². The van der Waals surface area contributed by atoms with E-state index in [-0.39, 0.29) is 12.3 Å². The number of nitrogens with zero attached hydrogens (tertiary/aromatic N) is 5. The molecule has 0 saturated heterocycles. The summed E-state index contributed by atoms with van der Waals surface area (Å²) in [4.78, 5) is 29.1. The number of thiazole rings is 1. The zero-order chi connectivity index (χ0) is 19.7. The molecule has 1 aromatic carbocycles. The minimum absolute atomic E-state index is 0.141. The van der Waals surface area contributed by atoms with Gasteiger partial charge in [0.15, 0.2) is 10.9 Å². The van der Waals surface area contributed by atoms with Crippen LogP contribution >= 0.6 is 22.9 Å². The fourth-order valence-corrected chi connectivity index (χ4v) is 3.90. The number of carbonyl (C=O) groups is 1. The molecule has 142 valence electrons. The van der Waals surface area contributed by atoms with Crippen molar-refractivity contribution in [3.05, 3.63) is 69.7 Å². The molecule has 0 aliphatic carbocycles. The van der Waals surface area contributed by atoms with Crippen molar-refractivity contribution in [2.45, 2.75) is 6.54 Å². The van der Waals surface area contributed by atoms with Crippen molar-refractivity contribution in [3.8, 4) is 0 Å². The maximum absolute atomic E-state index is 13.0. The number of halogens is 1. The van der Waals surface area contributed by atoms with Crippen molar-refractivity contribution in [1.82, 2.24) is 14.8 Å². The van der Waals surface area contributed by atoms with Crippen LogP contribution in [0.2, 0.25) is 5.02 Å². The summed E-state index contributed by atoms with van der Waals surface area (Å²) in [6, 6.07) is 9.59. The molecule has 9 nitrogen and oxygen atoms in total. The zero-order valence-corrected chi connectivity index (χ0v) is 15.8. The molecule has 0 N–H and O–H groups in total. The topological polar surface area (TPSA) is 107 Å². The molecule has 0 aliphatic heterocycles. The summed E-state index contributed by atoms with van der Waals surface area (Å²) in [5.41, 5.74) is 0.589. The van der Waals surface area contributed by atoms with Crippen molar-refractivity contribution in [2.24, 2.45) is 0 Å². The monoisotopic (exact) mass is 417 g/mol. The summed E-state index contributed by atoms with van der Waals surface area (Å²) in [5, 5.41) is 15.9. The molecule has 3 aromatic heterocycles. The van der Waals surface area contributed by atoms with Gasteiger partial charge in [0.2, 0.25) is 0 Å². The second-order valence-corrected chi connectivity index (χ2v) is 7.12. The Kier molecular flexibility index (Phi) is 4.80. The number of hydrogen-bond donors (Lipinski definition) is 0. The Labute approximate surface area is 166 Å². The summed E-state index contributed by atoms with van der Waals surface area (Å²) in [6.07, 6.45) is 3.41. The van der Waals surface area contributed by atoms with Gasteiger partial charge in [0.05, 0.1) is 22.3 Å². The Morgan fingerprint density at radius 1 is 1.32 bits per heavy atom. The zero-order valence-electron chi connectivity index (χ0n) is 14.2. The molecule has 0 unspecified atom stereocenters. The van der Waals surface area contributed by atoms with Crippen LogP contribution in [0.15, 0.2) is 53.2 Å². The summed E-state index contributed by atoms with van der Waals surface area (Å²) < 4.78 is 7.58. The molecule has 0 aliphatic rings. The lowest BCUT2D eigenvalue weighted by Gasteiger charge is -2.18. The third kappa shape index (κ3) is 3.47. The molecule has 0 fully saturated rings. The first kappa shape index (κ1) is 18.1. The Hall–Kier alpha value is -3.24. The molecule has 0 spiro atoms. The SMILES string of the molecule is O=C(c1ccc([N+](=O)[O-])o1)N(CCn1cccn1)c1nc2c(Cl)cccc2s1. The lowest BCUT2D eigenvalue weighted by Crippen LogP contribution is -2.33. The lowest BCUT2D eigenvalue weighted by molar-refractivity contribution is -0.402. The Morgan fingerprint density at radius 3 is 2.86 bits per heavy atom. The minimum atomic E-state index is -0.692. The van der Waals surface area contributed by atoms with Crippen molar-refractivity contribution < 1.29 is 14.1 Å². The van der Waals surface area contributed by atoms with E-state index in [1.54, 1.807) is 35.3 Å². The van der Waals surface area contributed by atoms with E-state index in [1.165, 1.54) is 22.3 Å². The quantitative estimate of drug-likeness (QED) is 0.346. The number of nitro groups is 1. The molecule has 0 atom stereocenters. The summed E-state index contributed by atoms with van der Waals surface area (Å²) in [5.74, 6) is -1.17. The Balaban J connectivity index is 1.70. The highest BCUT2D eigenvalue weighted by Gasteiger charge is 2.26. The maximum Gasteiger partial charge on any atom is 0.433 e. The minimum Gasteiger partial charge on any atom is -0.395 e. The summed E-state index contributed by atoms with van der Waals surface area (Å²) in [7, 11) is 0. The van der Waals surface area contributed by atoms with Crippen LogP contribution in [-0.4, -0.2) is 32.1 Å². The van der Waals surface area contributed by atoms with Crippen LogP contribution in [0.25, 0.3) is 10.2 Å². The third-order valence-corrected chi connectivity index (χ3v) is 5.28.